The quantitative estimate of drug-likeness (QED) is 0.407. The summed E-state index contributed by atoms with van der Waals surface area (Å²) in [7, 11) is 1.48. The van der Waals surface area contributed by atoms with Gasteiger partial charge in [0, 0.05) is 16.7 Å². The standard InChI is InChI=1S/C25H18ClFN2O5/c1-33-20-9-8-16(22(13-20)34-14-15-4-2-6-18(27)10-15)11-21-23(30)28-25(32)29(24(21)31)19-7-3-5-17(26)12-19/h2-13H,14H2,1H3,(H,28,30,32)/b21-11+. The molecule has 0 saturated carbocycles. The molecule has 1 saturated heterocycles. The third-order valence-electron chi connectivity index (χ3n) is 4.97. The van der Waals surface area contributed by atoms with Crippen molar-refractivity contribution in [2.24, 2.45) is 0 Å². The van der Waals surface area contributed by atoms with E-state index in [0.29, 0.717) is 27.6 Å². The van der Waals surface area contributed by atoms with E-state index < -0.39 is 23.7 Å². The molecule has 3 aromatic carbocycles. The Morgan fingerprint density at radius 2 is 1.82 bits per heavy atom. The van der Waals surface area contributed by atoms with Crippen molar-refractivity contribution in [3.63, 3.8) is 0 Å². The number of carbonyl (C=O) groups excluding carboxylic acids is 3. The van der Waals surface area contributed by atoms with Crippen LogP contribution in [-0.4, -0.2) is 25.0 Å². The van der Waals surface area contributed by atoms with Crippen molar-refractivity contribution in [3.8, 4) is 11.5 Å². The van der Waals surface area contributed by atoms with E-state index in [1.165, 1.54) is 37.5 Å². The maximum atomic E-state index is 13.5. The predicted octanol–water partition coefficient (Wildman–Crippen LogP) is 4.73. The van der Waals surface area contributed by atoms with Crippen LogP contribution in [0.15, 0.2) is 72.3 Å². The van der Waals surface area contributed by atoms with Crippen LogP contribution in [0.4, 0.5) is 14.9 Å². The summed E-state index contributed by atoms with van der Waals surface area (Å²) in [4.78, 5) is 38.9. The molecule has 34 heavy (non-hydrogen) atoms. The summed E-state index contributed by atoms with van der Waals surface area (Å²) >= 11 is 6.00. The summed E-state index contributed by atoms with van der Waals surface area (Å²) in [5.41, 5.74) is 0.910. The van der Waals surface area contributed by atoms with Crippen molar-refractivity contribution in [2.75, 3.05) is 12.0 Å². The predicted molar refractivity (Wildman–Crippen MR) is 124 cm³/mol. The zero-order valence-electron chi connectivity index (χ0n) is 17.9. The van der Waals surface area contributed by atoms with E-state index in [4.69, 9.17) is 21.1 Å². The second-order valence-electron chi connectivity index (χ2n) is 7.26. The normalized spacial score (nSPS) is 14.9. The van der Waals surface area contributed by atoms with Gasteiger partial charge in [0.2, 0.25) is 0 Å². The number of anilines is 1. The second-order valence-corrected chi connectivity index (χ2v) is 7.70. The van der Waals surface area contributed by atoms with Crippen LogP contribution in [0.5, 0.6) is 11.5 Å². The number of amides is 4. The number of ether oxygens (including phenoxy) is 2. The Balaban J connectivity index is 1.69. The highest BCUT2D eigenvalue weighted by atomic mass is 35.5. The summed E-state index contributed by atoms with van der Waals surface area (Å²) in [5, 5.41) is 2.49. The molecule has 1 fully saturated rings. The third-order valence-corrected chi connectivity index (χ3v) is 5.21. The van der Waals surface area contributed by atoms with Crippen LogP contribution in [0.1, 0.15) is 11.1 Å². The van der Waals surface area contributed by atoms with E-state index in [0.717, 1.165) is 4.90 Å². The van der Waals surface area contributed by atoms with Crippen molar-refractivity contribution >= 4 is 41.2 Å². The SMILES string of the molecule is COc1ccc(/C=C2\C(=O)NC(=O)N(c3cccc(Cl)c3)C2=O)c(OCc2cccc(F)c2)c1. The minimum atomic E-state index is -0.883. The zero-order chi connectivity index (χ0) is 24.2. The van der Waals surface area contributed by atoms with Gasteiger partial charge in [-0.3, -0.25) is 14.9 Å². The number of nitrogens with one attached hydrogen (secondary N) is 1. The maximum Gasteiger partial charge on any atom is 0.335 e. The number of imide groups is 2. The lowest BCUT2D eigenvalue weighted by atomic mass is 10.1. The molecule has 0 aliphatic carbocycles. The van der Waals surface area contributed by atoms with Crippen molar-refractivity contribution < 1.29 is 28.2 Å². The van der Waals surface area contributed by atoms with Crippen LogP contribution in [0.25, 0.3) is 6.08 Å². The zero-order valence-corrected chi connectivity index (χ0v) is 18.6. The van der Waals surface area contributed by atoms with Crippen molar-refractivity contribution in [2.45, 2.75) is 6.61 Å². The Morgan fingerprint density at radius 3 is 2.56 bits per heavy atom. The molecule has 1 aliphatic heterocycles. The smallest absolute Gasteiger partial charge is 0.335 e. The van der Waals surface area contributed by atoms with Gasteiger partial charge in [-0.2, -0.15) is 0 Å². The van der Waals surface area contributed by atoms with Gasteiger partial charge in [0.15, 0.2) is 0 Å². The van der Waals surface area contributed by atoms with E-state index >= 15 is 0 Å². The highest BCUT2D eigenvalue weighted by molar-refractivity contribution is 6.39. The Kier molecular flexibility index (Phi) is 6.60. The number of benzene rings is 3. The third kappa shape index (κ3) is 4.92. The van der Waals surface area contributed by atoms with Crippen LogP contribution in [0.3, 0.4) is 0 Å². The number of rotatable bonds is 6. The van der Waals surface area contributed by atoms with E-state index in [1.54, 1.807) is 42.5 Å². The van der Waals surface area contributed by atoms with Crippen LogP contribution >= 0.6 is 11.6 Å². The molecule has 0 spiro atoms. The molecular weight excluding hydrogens is 463 g/mol. The number of halogens is 2. The first-order valence-electron chi connectivity index (χ1n) is 10.1. The lowest BCUT2D eigenvalue weighted by Crippen LogP contribution is -2.54. The fourth-order valence-electron chi connectivity index (χ4n) is 3.34. The van der Waals surface area contributed by atoms with Gasteiger partial charge in [-0.1, -0.05) is 29.8 Å². The maximum absolute atomic E-state index is 13.5. The van der Waals surface area contributed by atoms with Gasteiger partial charge in [-0.15, -0.1) is 0 Å². The van der Waals surface area contributed by atoms with E-state index in [1.807, 2.05) is 0 Å². The minimum absolute atomic E-state index is 0.0361. The van der Waals surface area contributed by atoms with Gasteiger partial charge in [0.05, 0.1) is 12.8 Å². The molecule has 172 valence electrons. The molecule has 4 rings (SSSR count). The van der Waals surface area contributed by atoms with Crippen LogP contribution in [-0.2, 0) is 16.2 Å². The molecular formula is C25H18ClFN2O5. The summed E-state index contributed by atoms with van der Waals surface area (Å²) in [6.45, 7) is 0.0361. The fraction of sp³-hybridized carbons (Fsp3) is 0.0800. The summed E-state index contributed by atoms with van der Waals surface area (Å²) < 4.78 is 24.6. The molecule has 0 aromatic heterocycles. The molecule has 1 aliphatic rings. The first-order valence-corrected chi connectivity index (χ1v) is 10.5. The monoisotopic (exact) mass is 480 g/mol. The number of carbonyl (C=O) groups is 3. The van der Waals surface area contributed by atoms with E-state index in [2.05, 4.69) is 5.32 Å². The van der Waals surface area contributed by atoms with Gasteiger partial charge < -0.3 is 9.47 Å². The average Bonchev–Trinajstić information content (AvgIpc) is 2.81. The number of nitrogens with zero attached hydrogens (tertiary/aromatic N) is 1. The molecule has 0 atom stereocenters. The average molecular weight is 481 g/mol. The summed E-state index contributed by atoms with van der Waals surface area (Å²) in [6, 6.07) is 16.0. The fourth-order valence-corrected chi connectivity index (χ4v) is 3.52. The van der Waals surface area contributed by atoms with Gasteiger partial charge >= 0.3 is 6.03 Å². The highest BCUT2D eigenvalue weighted by Gasteiger charge is 2.37. The Hall–Kier alpha value is -4.17. The molecule has 0 unspecified atom stereocenters. The van der Waals surface area contributed by atoms with Crippen LogP contribution < -0.4 is 19.7 Å². The largest absolute Gasteiger partial charge is 0.497 e. The number of hydrogen-bond donors (Lipinski definition) is 1. The van der Waals surface area contributed by atoms with Crippen molar-refractivity contribution in [1.82, 2.24) is 5.32 Å². The first kappa shape index (κ1) is 23.0. The molecule has 1 heterocycles. The summed E-state index contributed by atoms with van der Waals surface area (Å²) in [6.07, 6.45) is 1.32. The summed E-state index contributed by atoms with van der Waals surface area (Å²) in [5.74, 6) is -1.29. The Bertz CT molecular complexity index is 1320. The molecule has 0 radical (unpaired) electrons. The number of urea groups is 1. The Morgan fingerprint density at radius 1 is 1.03 bits per heavy atom. The topological polar surface area (TPSA) is 84.9 Å². The first-order chi connectivity index (χ1) is 16.4. The molecule has 7 nitrogen and oxygen atoms in total. The van der Waals surface area contributed by atoms with Crippen molar-refractivity contribution in [3.05, 3.63) is 94.3 Å². The molecule has 9 heteroatoms. The highest BCUT2D eigenvalue weighted by Crippen LogP contribution is 2.30. The van der Waals surface area contributed by atoms with Gasteiger partial charge in [-0.05, 0) is 54.1 Å². The number of barbiturate groups is 1. The molecule has 1 N–H and O–H groups in total. The van der Waals surface area contributed by atoms with Crippen molar-refractivity contribution in [1.29, 1.82) is 0 Å². The second kappa shape index (κ2) is 9.76. The van der Waals surface area contributed by atoms with Crippen LogP contribution in [0, 0.1) is 5.82 Å². The van der Waals surface area contributed by atoms with Gasteiger partial charge in [-0.25, -0.2) is 14.1 Å². The Labute approximate surface area is 199 Å². The lowest BCUT2D eigenvalue weighted by molar-refractivity contribution is -0.122. The number of hydrogen-bond acceptors (Lipinski definition) is 5. The molecule has 4 amide bonds. The van der Waals surface area contributed by atoms with Gasteiger partial charge in [0.1, 0.15) is 29.5 Å². The lowest BCUT2D eigenvalue weighted by Gasteiger charge is -2.26. The molecule has 0 bridgehead atoms. The van der Waals surface area contributed by atoms with Crippen LogP contribution in [0.2, 0.25) is 5.02 Å². The molecule has 3 aromatic rings. The number of methoxy groups -OCH3 is 1. The van der Waals surface area contributed by atoms with Gasteiger partial charge in [0.25, 0.3) is 11.8 Å². The van der Waals surface area contributed by atoms with E-state index in [-0.39, 0.29) is 17.9 Å². The minimum Gasteiger partial charge on any atom is -0.497 e. The van der Waals surface area contributed by atoms with E-state index in [9.17, 15) is 18.8 Å².